The van der Waals surface area contributed by atoms with Crippen molar-refractivity contribution in [1.82, 2.24) is 0 Å². The first-order chi connectivity index (χ1) is 8.42. The molecule has 0 saturated heterocycles. The predicted octanol–water partition coefficient (Wildman–Crippen LogP) is 5.55. The predicted molar refractivity (Wildman–Crippen MR) is 93.1 cm³/mol. The maximum absolute atomic E-state index is 2.75. The van der Waals surface area contributed by atoms with E-state index >= 15 is 0 Å². The van der Waals surface area contributed by atoms with Crippen LogP contribution in [0.1, 0.15) is 11.1 Å². The molecule has 96 valence electrons. The number of hydrogen-bond acceptors (Lipinski definition) is 0. The Balaban J connectivity index is 2.17. The summed E-state index contributed by atoms with van der Waals surface area (Å²) >= 11 is 2.75. The summed E-state index contributed by atoms with van der Waals surface area (Å²) in [6.07, 6.45) is 2.42. The second kappa shape index (κ2) is 5.30. The fraction of sp³-hybridized carbons (Fsp3) is 0.250. The molecule has 2 heteroatoms. The molecule has 0 aromatic heterocycles. The van der Waals surface area contributed by atoms with Gasteiger partial charge in [-0.05, 0) is 0 Å². The van der Waals surface area contributed by atoms with Crippen LogP contribution in [0.15, 0.2) is 60.7 Å². The molecule has 0 nitrogen and oxygen atoms in total. The van der Waals surface area contributed by atoms with E-state index in [2.05, 4.69) is 96.0 Å². The SMILES string of the molecule is CP(C)(I)(Cc1ccccc1)Cc1ccccc1. The quantitative estimate of drug-likeness (QED) is 0.489. The Morgan fingerprint density at radius 1 is 0.722 bits per heavy atom. The van der Waals surface area contributed by atoms with Crippen molar-refractivity contribution in [3.8, 4) is 0 Å². The van der Waals surface area contributed by atoms with E-state index in [0.717, 1.165) is 0 Å². The van der Waals surface area contributed by atoms with Gasteiger partial charge in [-0.15, -0.1) is 0 Å². The molecule has 2 rings (SSSR count). The number of rotatable bonds is 4. The van der Waals surface area contributed by atoms with Crippen molar-refractivity contribution >= 4 is 26.3 Å². The van der Waals surface area contributed by atoms with E-state index in [1.165, 1.54) is 23.5 Å². The van der Waals surface area contributed by atoms with Crippen molar-refractivity contribution in [2.75, 3.05) is 13.3 Å². The van der Waals surface area contributed by atoms with Crippen LogP contribution in [0, 0.1) is 0 Å². The molecule has 0 spiro atoms. The van der Waals surface area contributed by atoms with Crippen LogP contribution in [0.3, 0.4) is 0 Å². The van der Waals surface area contributed by atoms with Gasteiger partial charge in [-0.25, -0.2) is 0 Å². The van der Waals surface area contributed by atoms with Gasteiger partial charge >= 0.3 is 124 Å². The molecule has 0 heterocycles. The van der Waals surface area contributed by atoms with Crippen LogP contribution in [0.5, 0.6) is 0 Å². The molecule has 0 radical (unpaired) electrons. The number of benzene rings is 2. The average molecular weight is 370 g/mol. The van der Waals surface area contributed by atoms with Crippen LogP contribution in [0.4, 0.5) is 0 Å². The van der Waals surface area contributed by atoms with Crippen LogP contribution >= 0.6 is 26.3 Å². The third kappa shape index (κ3) is 4.37. The molecule has 0 fully saturated rings. The topological polar surface area (TPSA) is 0 Å². The Morgan fingerprint density at radius 3 is 1.39 bits per heavy atom. The summed E-state index contributed by atoms with van der Waals surface area (Å²) in [5.41, 5.74) is 2.93. The minimum atomic E-state index is -1.69. The molecule has 0 aliphatic heterocycles. The van der Waals surface area contributed by atoms with Crippen LogP contribution in [-0.2, 0) is 12.3 Å². The van der Waals surface area contributed by atoms with Gasteiger partial charge in [-0.1, -0.05) is 0 Å². The molecule has 0 amide bonds. The minimum absolute atomic E-state index is 1.21. The zero-order valence-corrected chi connectivity index (χ0v) is 14.1. The molecule has 2 aromatic rings. The van der Waals surface area contributed by atoms with E-state index in [1.807, 2.05) is 0 Å². The van der Waals surface area contributed by atoms with Gasteiger partial charge < -0.3 is 0 Å². The molecule has 0 aliphatic rings. The van der Waals surface area contributed by atoms with Gasteiger partial charge in [0.1, 0.15) is 0 Å². The maximum atomic E-state index is 2.75. The Morgan fingerprint density at radius 2 is 1.06 bits per heavy atom. The number of halogens is 1. The van der Waals surface area contributed by atoms with Crippen LogP contribution < -0.4 is 0 Å². The van der Waals surface area contributed by atoms with Crippen LogP contribution in [-0.4, -0.2) is 13.3 Å². The third-order valence-corrected chi connectivity index (χ3v) is 7.75. The first kappa shape index (κ1) is 14.0. The third-order valence-electron chi connectivity index (χ3n) is 3.03. The van der Waals surface area contributed by atoms with Gasteiger partial charge in [0.2, 0.25) is 0 Å². The van der Waals surface area contributed by atoms with Gasteiger partial charge in [-0.3, -0.25) is 0 Å². The summed E-state index contributed by atoms with van der Waals surface area (Å²) < 4.78 is -1.69. The Kier molecular flexibility index (Phi) is 4.13. The van der Waals surface area contributed by atoms with Crippen molar-refractivity contribution in [3.05, 3.63) is 71.8 Å². The van der Waals surface area contributed by atoms with Crippen LogP contribution in [0.25, 0.3) is 0 Å². The molecule has 0 atom stereocenters. The van der Waals surface area contributed by atoms with Gasteiger partial charge in [0.05, 0.1) is 0 Å². The van der Waals surface area contributed by atoms with Crippen molar-refractivity contribution in [2.45, 2.75) is 12.3 Å². The van der Waals surface area contributed by atoms with Gasteiger partial charge in [0.25, 0.3) is 0 Å². The number of hydrogen-bond donors (Lipinski definition) is 0. The molecule has 0 aliphatic carbocycles. The molecule has 0 bridgehead atoms. The van der Waals surface area contributed by atoms with Gasteiger partial charge in [0.15, 0.2) is 0 Å². The zero-order valence-electron chi connectivity index (χ0n) is 11.0. The fourth-order valence-corrected chi connectivity index (χ4v) is 7.50. The summed E-state index contributed by atoms with van der Waals surface area (Å²) in [4.78, 5) is 0. The molecule has 0 saturated carbocycles. The molecular weight excluding hydrogens is 350 g/mol. The summed E-state index contributed by atoms with van der Waals surface area (Å²) in [5.74, 6) is 0. The second-order valence-corrected chi connectivity index (χ2v) is 21.3. The van der Waals surface area contributed by atoms with Gasteiger partial charge in [0, 0.05) is 0 Å². The first-order valence-electron chi connectivity index (χ1n) is 6.22. The van der Waals surface area contributed by atoms with E-state index in [9.17, 15) is 0 Å². The van der Waals surface area contributed by atoms with Crippen LogP contribution in [0.2, 0.25) is 0 Å². The van der Waals surface area contributed by atoms with Crippen molar-refractivity contribution in [3.63, 3.8) is 0 Å². The van der Waals surface area contributed by atoms with Crippen molar-refractivity contribution in [1.29, 1.82) is 0 Å². The molecule has 0 N–H and O–H groups in total. The monoisotopic (exact) mass is 370 g/mol. The second-order valence-electron chi connectivity index (χ2n) is 5.80. The molecule has 18 heavy (non-hydrogen) atoms. The summed E-state index contributed by atoms with van der Waals surface area (Å²) in [5, 5.41) is 0. The Bertz CT molecular complexity index is 451. The Labute approximate surface area is 123 Å². The van der Waals surface area contributed by atoms with Crippen molar-refractivity contribution < 1.29 is 0 Å². The fourth-order valence-electron chi connectivity index (χ4n) is 2.35. The van der Waals surface area contributed by atoms with E-state index in [0.29, 0.717) is 0 Å². The molecule has 0 unspecified atom stereocenters. The summed E-state index contributed by atoms with van der Waals surface area (Å²) in [7, 11) is 0. The first-order valence-corrected chi connectivity index (χ1v) is 12.5. The standard InChI is InChI=1S/C16H20IP/c1-18(2,17,13-15-9-5-3-6-10-15)14-16-11-7-4-8-12-16/h3-12H,13-14H2,1-2H3. The average Bonchev–Trinajstić information content (AvgIpc) is 2.29. The van der Waals surface area contributed by atoms with Crippen molar-refractivity contribution in [2.24, 2.45) is 0 Å². The van der Waals surface area contributed by atoms with E-state index in [4.69, 9.17) is 0 Å². The van der Waals surface area contributed by atoms with Gasteiger partial charge in [-0.2, -0.15) is 0 Å². The van der Waals surface area contributed by atoms with E-state index < -0.39 is 4.25 Å². The molecular formula is C16H20IP. The van der Waals surface area contributed by atoms with E-state index in [-0.39, 0.29) is 0 Å². The normalized spacial score (nSPS) is 13.8. The summed E-state index contributed by atoms with van der Waals surface area (Å²) in [6.45, 7) is 4.96. The zero-order chi connectivity index (χ0) is 13.1. The molecule has 2 aromatic carbocycles. The Hall–Kier alpha value is -0.400. The summed E-state index contributed by atoms with van der Waals surface area (Å²) in [6, 6.07) is 21.7. The van der Waals surface area contributed by atoms with E-state index in [1.54, 1.807) is 0 Å².